The van der Waals surface area contributed by atoms with Crippen molar-refractivity contribution in [1.82, 2.24) is 4.98 Å². The van der Waals surface area contributed by atoms with E-state index >= 15 is 0 Å². The molecule has 6 nitrogen and oxygen atoms in total. The molecular formula is C34H42N2O4. The number of anilines is 1. The molecule has 0 bridgehead atoms. The van der Waals surface area contributed by atoms with Crippen LogP contribution in [-0.2, 0) is 4.79 Å². The van der Waals surface area contributed by atoms with Crippen LogP contribution in [0.2, 0.25) is 0 Å². The first-order chi connectivity index (χ1) is 19.4. The maximum absolute atomic E-state index is 14.0. The van der Waals surface area contributed by atoms with Crippen molar-refractivity contribution >= 4 is 11.6 Å². The predicted octanol–water partition coefficient (Wildman–Crippen LogP) is 6.93. The van der Waals surface area contributed by atoms with Gasteiger partial charge in [-0.1, -0.05) is 24.3 Å². The largest absolute Gasteiger partial charge is 0.496 e. The zero-order valence-corrected chi connectivity index (χ0v) is 24.0. The van der Waals surface area contributed by atoms with E-state index in [9.17, 15) is 9.90 Å². The fraction of sp³-hybridized carbons (Fsp3) is 0.471. The summed E-state index contributed by atoms with van der Waals surface area (Å²) in [6, 6.07) is 18.6. The van der Waals surface area contributed by atoms with Crippen molar-refractivity contribution < 1.29 is 19.4 Å². The Kier molecular flexibility index (Phi) is 9.05. The van der Waals surface area contributed by atoms with Gasteiger partial charge in [0.25, 0.3) is 0 Å². The average molecular weight is 543 g/mol. The molecule has 2 aliphatic rings. The highest BCUT2D eigenvalue weighted by Gasteiger charge is 2.32. The van der Waals surface area contributed by atoms with Gasteiger partial charge in [-0.25, -0.2) is 0 Å². The molecule has 2 fully saturated rings. The first kappa shape index (κ1) is 28.2. The minimum Gasteiger partial charge on any atom is -0.496 e. The first-order valence-corrected chi connectivity index (χ1v) is 14.7. The number of aryl methyl sites for hydroxylation is 1. The van der Waals surface area contributed by atoms with E-state index in [-0.39, 0.29) is 17.9 Å². The minimum atomic E-state index is -0.279. The van der Waals surface area contributed by atoms with Crippen LogP contribution in [0.15, 0.2) is 60.8 Å². The molecule has 6 heteroatoms. The van der Waals surface area contributed by atoms with Gasteiger partial charge in [-0.05, 0) is 112 Å². The molecular weight excluding hydrogens is 500 g/mol. The number of aliphatic hydroxyl groups excluding tert-OH is 1. The lowest BCUT2D eigenvalue weighted by atomic mass is 9.78. The lowest BCUT2D eigenvalue weighted by Crippen LogP contribution is -2.41. The number of ether oxygens (including phenoxy) is 2. The molecule has 5 rings (SSSR count). The van der Waals surface area contributed by atoms with Crippen molar-refractivity contribution in [2.75, 3.05) is 25.7 Å². The summed E-state index contributed by atoms with van der Waals surface area (Å²) in [5.41, 5.74) is 5.34. The average Bonchev–Trinajstić information content (AvgIpc) is 3.00. The SMILES string of the molecule is COc1ccc(-c2cccc(N(CC3CCC(c4ccc(OC)c(C)c4)CC3)C(=O)C3CCC(O)CC3)c2)nc1. The predicted molar refractivity (Wildman–Crippen MR) is 159 cm³/mol. The second-order valence-corrected chi connectivity index (χ2v) is 11.5. The smallest absolute Gasteiger partial charge is 0.230 e. The number of amides is 1. The summed E-state index contributed by atoms with van der Waals surface area (Å²) in [7, 11) is 3.36. The Morgan fingerprint density at radius 3 is 2.35 bits per heavy atom. The van der Waals surface area contributed by atoms with Crippen LogP contribution in [0, 0.1) is 18.8 Å². The molecule has 2 aliphatic carbocycles. The Labute approximate surface area is 238 Å². The summed E-state index contributed by atoms with van der Waals surface area (Å²) < 4.78 is 10.7. The molecule has 40 heavy (non-hydrogen) atoms. The van der Waals surface area contributed by atoms with E-state index in [1.807, 2.05) is 35.2 Å². The molecule has 0 unspecified atom stereocenters. The van der Waals surface area contributed by atoms with Crippen molar-refractivity contribution in [3.8, 4) is 22.8 Å². The van der Waals surface area contributed by atoms with Crippen LogP contribution in [0.3, 0.4) is 0 Å². The molecule has 1 N–H and O–H groups in total. The van der Waals surface area contributed by atoms with Crippen molar-refractivity contribution in [1.29, 1.82) is 0 Å². The Hall–Kier alpha value is -3.38. The summed E-state index contributed by atoms with van der Waals surface area (Å²) in [6.45, 7) is 2.84. The fourth-order valence-electron chi connectivity index (χ4n) is 6.46. The van der Waals surface area contributed by atoms with E-state index in [4.69, 9.17) is 9.47 Å². The van der Waals surface area contributed by atoms with Gasteiger partial charge >= 0.3 is 0 Å². The maximum atomic E-state index is 14.0. The topological polar surface area (TPSA) is 71.9 Å². The second kappa shape index (κ2) is 12.9. The van der Waals surface area contributed by atoms with E-state index in [0.717, 1.165) is 73.5 Å². The normalized spacial score (nSPS) is 22.9. The van der Waals surface area contributed by atoms with Gasteiger partial charge in [-0.2, -0.15) is 0 Å². The summed E-state index contributed by atoms with van der Waals surface area (Å²) in [5, 5.41) is 10.0. The summed E-state index contributed by atoms with van der Waals surface area (Å²) >= 11 is 0. The molecule has 2 saturated carbocycles. The number of aliphatic hydroxyl groups is 1. The highest BCUT2D eigenvalue weighted by molar-refractivity contribution is 5.95. The van der Waals surface area contributed by atoms with Crippen LogP contribution >= 0.6 is 0 Å². The molecule has 0 atom stereocenters. The van der Waals surface area contributed by atoms with Crippen molar-refractivity contribution in [3.63, 3.8) is 0 Å². The Morgan fingerprint density at radius 2 is 1.70 bits per heavy atom. The quantitative estimate of drug-likeness (QED) is 0.334. The monoisotopic (exact) mass is 542 g/mol. The molecule has 0 spiro atoms. The number of carbonyl (C=O) groups excluding carboxylic acids is 1. The van der Waals surface area contributed by atoms with Crippen LogP contribution in [-0.4, -0.2) is 42.9 Å². The van der Waals surface area contributed by atoms with Crippen LogP contribution in [0.5, 0.6) is 11.5 Å². The van der Waals surface area contributed by atoms with Gasteiger partial charge in [-0.15, -0.1) is 0 Å². The summed E-state index contributed by atoms with van der Waals surface area (Å²) in [5.74, 6) is 2.82. The number of hydrogen-bond donors (Lipinski definition) is 1. The standard InChI is InChI=1S/C34H42N2O4/c1-23-19-27(13-18-33(23)40-3)25-9-7-24(8-10-25)22-36(34(38)26-11-14-30(37)15-12-26)29-6-4-5-28(20-29)32-17-16-31(39-2)21-35-32/h4-6,13,16-21,24-26,30,37H,7-12,14-15,22H2,1-3H3. The number of hydrogen-bond acceptors (Lipinski definition) is 5. The van der Waals surface area contributed by atoms with Crippen LogP contribution in [0.25, 0.3) is 11.3 Å². The van der Waals surface area contributed by atoms with Gasteiger partial charge in [0.15, 0.2) is 0 Å². The van der Waals surface area contributed by atoms with Crippen molar-refractivity contribution in [3.05, 3.63) is 71.9 Å². The van der Waals surface area contributed by atoms with Gasteiger partial charge in [0, 0.05) is 23.7 Å². The Morgan fingerprint density at radius 1 is 0.925 bits per heavy atom. The van der Waals surface area contributed by atoms with E-state index < -0.39 is 0 Å². The Bertz CT molecular complexity index is 1280. The van der Waals surface area contributed by atoms with Gasteiger partial charge in [-0.3, -0.25) is 9.78 Å². The molecule has 1 heterocycles. The number of pyridine rings is 1. The van der Waals surface area contributed by atoms with Crippen molar-refractivity contribution in [2.45, 2.75) is 70.3 Å². The van der Waals surface area contributed by atoms with E-state index in [1.54, 1.807) is 20.4 Å². The zero-order chi connectivity index (χ0) is 28.1. The van der Waals surface area contributed by atoms with Gasteiger partial charge in [0.1, 0.15) is 11.5 Å². The third-order valence-electron chi connectivity index (χ3n) is 8.92. The lowest BCUT2D eigenvalue weighted by molar-refractivity contribution is -0.124. The number of benzene rings is 2. The van der Waals surface area contributed by atoms with Crippen molar-refractivity contribution in [2.24, 2.45) is 11.8 Å². The highest BCUT2D eigenvalue weighted by atomic mass is 16.5. The molecule has 0 saturated heterocycles. The number of nitrogens with zero attached hydrogens (tertiary/aromatic N) is 2. The number of rotatable bonds is 8. The summed E-state index contributed by atoms with van der Waals surface area (Å²) in [4.78, 5) is 20.6. The number of methoxy groups -OCH3 is 2. The molecule has 212 valence electrons. The van der Waals surface area contributed by atoms with Gasteiger partial charge in [0.05, 0.1) is 32.2 Å². The van der Waals surface area contributed by atoms with Crippen LogP contribution < -0.4 is 14.4 Å². The fourth-order valence-corrected chi connectivity index (χ4v) is 6.46. The third kappa shape index (κ3) is 6.49. The van der Waals surface area contributed by atoms with E-state index in [2.05, 4.69) is 36.2 Å². The van der Waals surface area contributed by atoms with Crippen LogP contribution in [0.1, 0.15) is 68.4 Å². The second-order valence-electron chi connectivity index (χ2n) is 11.5. The highest BCUT2D eigenvalue weighted by Crippen LogP contribution is 2.39. The van der Waals surface area contributed by atoms with Gasteiger partial charge < -0.3 is 19.5 Å². The zero-order valence-electron chi connectivity index (χ0n) is 24.0. The lowest BCUT2D eigenvalue weighted by Gasteiger charge is -2.36. The molecule has 2 aromatic carbocycles. The maximum Gasteiger partial charge on any atom is 0.230 e. The van der Waals surface area contributed by atoms with Crippen LogP contribution in [0.4, 0.5) is 5.69 Å². The molecule has 1 aromatic heterocycles. The third-order valence-corrected chi connectivity index (χ3v) is 8.92. The minimum absolute atomic E-state index is 0.0372. The van der Waals surface area contributed by atoms with E-state index in [1.165, 1.54) is 11.1 Å². The molecule has 3 aromatic rings. The number of carbonyl (C=O) groups is 1. The van der Waals surface area contributed by atoms with Gasteiger partial charge in [0.2, 0.25) is 5.91 Å². The molecule has 0 radical (unpaired) electrons. The number of aromatic nitrogens is 1. The molecule has 0 aliphatic heterocycles. The Balaban J connectivity index is 1.33. The molecule has 1 amide bonds. The first-order valence-electron chi connectivity index (χ1n) is 14.7. The summed E-state index contributed by atoms with van der Waals surface area (Å²) in [6.07, 6.45) is 8.80. The van der Waals surface area contributed by atoms with E-state index in [0.29, 0.717) is 24.7 Å².